The summed E-state index contributed by atoms with van der Waals surface area (Å²) in [4.78, 5) is 21.6. The average Bonchev–Trinajstić information content (AvgIpc) is 2.01. The summed E-state index contributed by atoms with van der Waals surface area (Å²) in [5.74, 6) is -1.33. The van der Waals surface area contributed by atoms with Crippen LogP contribution in [0.25, 0.3) is 0 Å². The van der Waals surface area contributed by atoms with E-state index in [0.717, 1.165) is 5.56 Å². The van der Waals surface area contributed by atoms with Crippen LogP contribution in [-0.2, 0) is 4.79 Å². The van der Waals surface area contributed by atoms with Crippen LogP contribution in [0.15, 0.2) is 18.2 Å². The lowest BCUT2D eigenvalue weighted by Crippen LogP contribution is -2.10. The number of anilines is 1. The fourth-order valence-electron chi connectivity index (χ4n) is 1.14. The van der Waals surface area contributed by atoms with Gasteiger partial charge in [0.05, 0.1) is 11.3 Å². The number of aryl methyl sites for hydroxylation is 1. The predicted octanol–water partition coefficient (Wildman–Crippen LogP) is 1.65. The molecule has 74 valence electrons. The molecule has 1 rings (SSSR count). The standard InChI is InChI=1S/C10H11NO3/c1-6-3-4-8(10(13)14)9(5-6)11-7(2)12/h3-5H,1-2H3,(H,11,12)(H,13,14). The number of amides is 1. The molecule has 14 heavy (non-hydrogen) atoms. The Balaban J connectivity index is 3.15. The van der Waals surface area contributed by atoms with Crippen molar-refractivity contribution in [3.63, 3.8) is 0 Å². The van der Waals surface area contributed by atoms with Gasteiger partial charge in [-0.3, -0.25) is 4.79 Å². The first-order valence-electron chi connectivity index (χ1n) is 4.12. The minimum Gasteiger partial charge on any atom is -0.478 e. The van der Waals surface area contributed by atoms with Gasteiger partial charge in [-0.05, 0) is 24.6 Å². The van der Waals surface area contributed by atoms with Crippen molar-refractivity contribution in [2.75, 3.05) is 5.32 Å². The van der Waals surface area contributed by atoms with Gasteiger partial charge < -0.3 is 10.4 Å². The van der Waals surface area contributed by atoms with Crippen molar-refractivity contribution < 1.29 is 14.7 Å². The highest BCUT2D eigenvalue weighted by atomic mass is 16.4. The third kappa shape index (κ3) is 2.32. The molecular formula is C10H11NO3. The van der Waals surface area contributed by atoms with E-state index >= 15 is 0 Å². The molecule has 0 radical (unpaired) electrons. The zero-order valence-corrected chi connectivity index (χ0v) is 8.00. The number of hydrogen-bond acceptors (Lipinski definition) is 2. The van der Waals surface area contributed by atoms with Gasteiger partial charge in [0.2, 0.25) is 5.91 Å². The van der Waals surface area contributed by atoms with Gasteiger partial charge in [0.15, 0.2) is 0 Å². The van der Waals surface area contributed by atoms with Crippen molar-refractivity contribution in [3.8, 4) is 0 Å². The molecule has 4 heteroatoms. The van der Waals surface area contributed by atoms with Crippen LogP contribution >= 0.6 is 0 Å². The Kier molecular flexibility index (Phi) is 2.86. The van der Waals surface area contributed by atoms with Gasteiger partial charge in [-0.15, -0.1) is 0 Å². The van der Waals surface area contributed by atoms with Crippen LogP contribution in [-0.4, -0.2) is 17.0 Å². The Morgan fingerprint density at radius 2 is 2.00 bits per heavy atom. The SMILES string of the molecule is CC(=O)Nc1cc(C)ccc1C(=O)O. The average molecular weight is 193 g/mol. The van der Waals surface area contributed by atoms with Gasteiger partial charge >= 0.3 is 5.97 Å². The molecule has 0 atom stereocenters. The van der Waals surface area contributed by atoms with E-state index in [2.05, 4.69) is 5.32 Å². The van der Waals surface area contributed by atoms with Crippen LogP contribution in [0.3, 0.4) is 0 Å². The Labute approximate surface area is 81.6 Å². The van der Waals surface area contributed by atoms with E-state index in [1.165, 1.54) is 13.0 Å². The van der Waals surface area contributed by atoms with Crippen LogP contribution < -0.4 is 5.32 Å². The summed E-state index contributed by atoms with van der Waals surface area (Å²) in [6.45, 7) is 3.17. The number of carboxylic acids is 1. The van der Waals surface area contributed by atoms with Crippen molar-refractivity contribution in [3.05, 3.63) is 29.3 Å². The Morgan fingerprint density at radius 3 is 2.50 bits per heavy atom. The number of carbonyl (C=O) groups is 2. The second-order valence-corrected chi connectivity index (χ2v) is 3.04. The smallest absolute Gasteiger partial charge is 0.337 e. The normalized spacial score (nSPS) is 9.57. The maximum atomic E-state index is 10.8. The van der Waals surface area contributed by atoms with E-state index in [0.29, 0.717) is 5.69 Å². The summed E-state index contributed by atoms with van der Waals surface area (Å²) in [5.41, 5.74) is 1.34. The van der Waals surface area contributed by atoms with Crippen molar-refractivity contribution in [1.29, 1.82) is 0 Å². The van der Waals surface area contributed by atoms with E-state index < -0.39 is 5.97 Å². The molecule has 0 aliphatic carbocycles. The maximum Gasteiger partial charge on any atom is 0.337 e. The van der Waals surface area contributed by atoms with E-state index in [1.54, 1.807) is 12.1 Å². The van der Waals surface area contributed by atoms with Crippen LogP contribution in [0.5, 0.6) is 0 Å². The van der Waals surface area contributed by atoms with E-state index in [1.807, 2.05) is 6.92 Å². The molecule has 0 fully saturated rings. The molecule has 0 saturated carbocycles. The lowest BCUT2D eigenvalue weighted by atomic mass is 10.1. The van der Waals surface area contributed by atoms with E-state index in [4.69, 9.17) is 5.11 Å². The number of aromatic carboxylic acids is 1. The summed E-state index contributed by atoms with van der Waals surface area (Å²) in [7, 11) is 0. The van der Waals surface area contributed by atoms with Crippen molar-refractivity contribution in [2.45, 2.75) is 13.8 Å². The molecule has 0 unspecified atom stereocenters. The molecule has 0 aromatic heterocycles. The van der Waals surface area contributed by atoms with E-state index in [-0.39, 0.29) is 11.5 Å². The number of rotatable bonds is 2. The lowest BCUT2D eigenvalue weighted by Gasteiger charge is -2.06. The predicted molar refractivity (Wildman–Crippen MR) is 52.4 cm³/mol. The highest BCUT2D eigenvalue weighted by molar-refractivity contribution is 5.99. The lowest BCUT2D eigenvalue weighted by molar-refractivity contribution is -0.114. The van der Waals surface area contributed by atoms with Gasteiger partial charge in [-0.1, -0.05) is 6.07 Å². The summed E-state index contributed by atoms with van der Waals surface area (Å²) < 4.78 is 0. The van der Waals surface area contributed by atoms with Crippen molar-refractivity contribution in [1.82, 2.24) is 0 Å². The van der Waals surface area contributed by atoms with Crippen LogP contribution in [0.4, 0.5) is 5.69 Å². The largest absolute Gasteiger partial charge is 0.478 e. The highest BCUT2D eigenvalue weighted by Crippen LogP contribution is 2.17. The molecule has 0 aliphatic rings. The van der Waals surface area contributed by atoms with Gasteiger partial charge in [0.25, 0.3) is 0 Å². The molecule has 0 heterocycles. The zero-order valence-electron chi connectivity index (χ0n) is 8.00. The van der Waals surface area contributed by atoms with Crippen LogP contribution in [0.2, 0.25) is 0 Å². The number of nitrogens with one attached hydrogen (secondary N) is 1. The molecule has 4 nitrogen and oxygen atoms in total. The summed E-state index contributed by atoms with van der Waals surface area (Å²) in [5, 5.41) is 11.3. The first-order valence-corrected chi connectivity index (χ1v) is 4.12. The molecule has 1 aromatic carbocycles. The number of benzene rings is 1. The van der Waals surface area contributed by atoms with Crippen molar-refractivity contribution in [2.24, 2.45) is 0 Å². The summed E-state index contributed by atoms with van der Waals surface area (Å²) >= 11 is 0. The Hall–Kier alpha value is -1.84. The quantitative estimate of drug-likeness (QED) is 0.750. The molecule has 0 saturated heterocycles. The second kappa shape index (κ2) is 3.91. The molecule has 0 aliphatic heterocycles. The first kappa shape index (κ1) is 10.2. The zero-order chi connectivity index (χ0) is 10.7. The molecule has 1 aromatic rings. The van der Waals surface area contributed by atoms with Gasteiger partial charge in [-0.25, -0.2) is 4.79 Å². The highest BCUT2D eigenvalue weighted by Gasteiger charge is 2.10. The van der Waals surface area contributed by atoms with Crippen molar-refractivity contribution >= 4 is 17.6 Å². The third-order valence-corrected chi connectivity index (χ3v) is 1.72. The fourth-order valence-corrected chi connectivity index (χ4v) is 1.14. The second-order valence-electron chi connectivity index (χ2n) is 3.04. The molecule has 0 spiro atoms. The molecule has 1 amide bonds. The summed E-state index contributed by atoms with van der Waals surface area (Å²) in [6.07, 6.45) is 0. The third-order valence-electron chi connectivity index (χ3n) is 1.72. The molecule has 2 N–H and O–H groups in total. The maximum absolute atomic E-state index is 10.8. The minimum atomic E-state index is -1.05. The van der Waals surface area contributed by atoms with Crippen LogP contribution in [0, 0.1) is 6.92 Å². The van der Waals surface area contributed by atoms with Gasteiger partial charge in [0, 0.05) is 6.92 Å². The number of carbonyl (C=O) groups excluding carboxylic acids is 1. The van der Waals surface area contributed by atoms with E-state index in [9.17, 15) is 9.59 Å². The number of hydrogen-bond donors (Lipinski definition) is 2. The molecule has 0 bridgehead atoms. The van der Waals surface area contributed by atoms with Gasteiger partial charge in [-0.2, -0.15) is 0 Å². The fraction of sp³-hybridized carbons (Fsp3) is 0.200. The minimum absolute atomic E-state index is 0.103. The Bertz CT molecular complexity index is 385. The van der Waals surface area contributed by atoms with Gasteiger partial charge in [0.1, 0.15) is 0 Å². The monoisotopic (exact) mass is 193 g/mol. The Morgan fingerprint density at radius 1 is 1.36 bits per heavy atom. The topological polar surface area (TPSA) is 66.4 Å². The number of carboxylic acid groups (broad SMARTS) is 1. The summed E-state index contributed by atoms with van der Waals surface area (Å²) in [6, 6.07) is 4.79. The first-order chi connectivity index (χ1) is 6.50. The van der Waals surface area contributed by atoms with Crippen LogP contribution in [0.1, 0.15) is 22.8 Å². The molecular weight excluding hydrogens is 182 g/mol.